The number of likely N-dealkylation sites (N-methyl/N-ethyl adjacent to an activating group) is 1. The SMILES string of the molecule is CNC(=O)CN1C[C@H](NC(=O)c2cc(C)nc(C)n2)[C@@H](C(C)C)C1. The van der Waals surface area contributed by atoms with E-state index in [4.69, 9.17) is 0 Å². The van der Waals surface area contributed by atoms with Crippen LogP contribution in [0.5, 0.6) is 0 Å². The summed E-state index contributed by atoms with van der Waals surface area (Å²) in [6.45, 7) is 9.75. The van der Waals surface area contributed by atoms with Gasteiger partial charge in [-0.3, -0.25) is 14.5 Å². The molecule has 0 unspecified atom stereocenters. The van der Waals surface area contributed by atoms with Crippen molar-refractivity contribution in [2.75, 3.05) is 26.7 Å². The molecule has 2 rings (SSSR count). The lowest BCUT2D eigenvalue weighted by Gasteiger charge is -2.22. The Labute approximate surface area is 143 Å². The number of hydrogen-bond acceptors (Lipinski definition) is 5. The molecule has 7 heteroatoms. The molecule has 24 heavy (non-hydrogen) atoms. The minimum atomic E-state index is -0.180. The van der Waals surface area contributed by atoms with E-state index >= 15 is 0 Å². The quantitative estimate of drug-likeness (QED) is 0.820. The molecular weight excluding hydrogens is 306 g/mol. The number of aromatic nitrogens is 2. The highest BCUT2D eigenvalue weighted by molar-refractivity contribution is 5.92. The van der Waals surface area contributed by atoms with Crippen LogP contribution in [0.2, 0.25) is 0 Å². The predicted octanol–water partition coefficient (Wildman–Crippen LogP) is 0.526. The van der Waals surface area contributed by atoms with E-state index in [2.05, 4.69) is 39.3 Å². The van der Waals surface area contributed by atoms with Crippen molar-refractivity contribution in [3.63, 3.8) is 0 Å². The van der Waals surface area contributed by atoms with Crippen LogP contribution in [0.3, 0.4) is 0 Å². The normalized spacial score (nSPS) is 21.1. The molecule has 2 amide bonds. The first-order chi connectivity index (χ1) is 11.3. The van der Waals surface area contributed by atoms with Gasteiger partial charge in [0.25, 0.3) is 5.91 Å². The maximum absolute atomic E-state index is 12.6. The zero-order valence-electron chi connectivity index (χ0n) is 15.1. The number of hydrogen-bond donors (Lipinski definition) is 2. The topological polar surface area (TPSA) is 87.2 Å². The van der Waals surface area contributed by atoms with Gasteiger partial charge in [-0.25, -0.2) is 9.97 Å². The third-order valence-corrected chi connectivity index (χ3v) is 4.46. The fourth-order valence-electron chi connectivity index (χ4n) is 3.23. The van der Waals surface area contributed by atoms with Gasteiger partial charge in [-0.1, -0.05) is 13.8 Å². The molecule has 1 saturated heterocycles. The number of carbonyl (C=O) groups excluding carboxylic acids is 2. The molecule has 2 atom stereocenters. The molecule has 0 aliphatic carbocycles. The number of nitrogens with zero attached hydrogens (tertiary/aromatic N) is 3. The standard InChI is InChI=1S/C17H27N5O2/c1-10(2)13-7-22(9-16(23)18-5)8-15(13)21-17(24)14-6-11(3)19-12(4)20-14/h6,10,13,15H,7-9H2,1-5H3,(H,18,23)(H,21,24)/t13-,15+/m1/s1. The Hall–Kier alpha value is -2.02. The van der Waals surface area contributed by atoms with Crippen molar-refractivity contribution in [1.29, 1.82) is 0 Å². The first-order valence-corrected chi connectivity index (χ1v) is 8.36. The first-order valence-electron chi connectivity index (χ1n) is 8.36. The van der Waals surface area contributed by atoms with Crippen molar-refractivity contribution in [2.45, 2.75) is 33.7 Å². The van der Waals surface area contributed by atoms with E-state index in [9.17, 15) is 9.59 Å². The molecule has 0 radical (unpaired) electrons. The molecule has 7 nitrogen and oxygen atoms in total. The van der Waals surface area contributed by atoms with Crippen LogP contribution >= 0.6 is 0 Å². The number of nitrogens with one attached hydrogen (secondary N) is 2. The summed E-state index contributed by atoms with van der Waals surface area (Å²) in [5.41, 5.74) is 1.17. The van der Waals surface area contributed by atoms with Gasteiger partial charge in [0, 0.05) is 31.9 Å². The van der Waals surface area contributed by atoms with Crippen molar-refractivity contribution in [2.24, 2.45) is 11.8 Å². The average molecular weight is 333 g/mol. The lowest BCUT2D eigenvalue weighted by Crippen LogP contribution is -2.42. The van der Waals surface area contributed by atoms with Gasteiger partial charge >= 0.3 is 0 Å². The van der Waals surface area contributed by atoms with E-state index < -0.39 is 0 Å². The number of likely N-dealkylation sites (tertiary alicyclic amines) is 1. The van der Waals surface area contributed by atoms with Gasteiger partial charge in [-0.05, 0) is 31.7 Å². The lowest BCUT2D eigenvalue weighted by molar-refractivity contribution is -0.121. The van der Waals surface area contributed by atoms with E-state index in [1.54, 1.807) is 20.0 Å². The second-order valence-corrected chi connectivity index (χ2v) is 6.80. The van der Waals surface area contributed by atoms with Gasteiger partial charge in [0.2, 0.25) is 5.91 Å². The summed E-state index contributed by atoms with van der Waals surface area (Å²) in [4.78, 5) is 34.7. The highest BCUT2D eigenvalue weighted by atomic mass is 16.2. The summed E-state index contributed by atoms with van der Waals surface area (Å²) in [7, 11) is 1.64. The molecule has 2 heterocycles. The lowest BCUT2D eigenvalue weighted by atomic mass is 9.91. The van der Waals surface area contributed by atoms with Crippen molar-refractivity contribution in [1.82, 2.24) is 25.5 Å². The molecule has 1 aliphatic heterocycles. The largest absolute Gasteiger partial charge is 0.358 e. The van der Waals surface area contributed by atoms with Gasteiger partial charge in [0.15, 0.2) is 0 Å². The molecule has 0 saturated carbocycles. The number of amides is 2. The van der Waals surface area contributed by atoms with Crippen LogP contribution in [0.1, 0.15) is 35.9 Å². The van der Waals surface area contributed by atoms with Crippen LogP contribution < -0.4 is 10.6 Å². The van der Waals surface area contributed by atoms with Gasteiger partial charge < -0.3 is 10.6 Å². The van der Waals surface area contributed by atoms with E-state index in [1.165, 1.54) is 0 Å². The molecule has 132 valence electrons. The molecular formula is C17H27N5O2. The zero-order chi connectivity index (χ0) is 17.9. The highest BCUT2D eigenvalue weighted by Crippen LogP contribution is 2.24. The minimum absolute atomic E-state index is 0.00784. The predicted molar refractivity (Wildman–Crippen MR) is 91.6 cm³/mol. The van der Waals surface area contributed by atoms with E-state index in [-0.39, 0.29) is 17.9 Å². The summed E-state index contributed by atoms with van der Waals surface area (Å²) >= 11 is 0. The van der Waals surface area contributed by atoms with Gasteiger partial charge in [-0.2, -0.15) is 0 Å². The zero-order valence-corrected chi connectivity index (χ0v) is 15.1. The molecule has 0 bridgehead atoms. The fourth-order valence-corrected chi connectivity index (χ4v) is 3.23. The molecule has 1 aliphatic rings. The third kappa shape index (κ3) is 4.50. The van der Waals surface area contributed by atoms with Crippen LogP contribution in [0, 0.1) is 25.7 Å². The Balaban J connectivity index is 2.08. The average Bonchev–Trinajstić information content (AvgIpc) is 2.88. The van der Waals surface area contributed by atoms with E-state index in [0.717, 1.165) is 12.2 Å². The van der Waals surface area contributed by atoms with Crippen LogP contribution in [-0.4, -0.2) is 59.4 Å². The van der Waals surface area contributed by atoms with Gasteiger partial charge in [-0.15, -0.1) is 0 Å². The van der Waals surface area contributed by atoms with Crippen molar-refractivity contribution >= 4 is 11.8 Å². The van der Waals surface area contributed by atoms with Crippen molar-refractivity contribution in [3.05, 3.63) is 23.3 Å². The van der Waals surface area contributed by atoms with E-state index in [1.807, 2.05) is 6.92 Å². The second kappa shape index (κ2) is 7.70. The van der Waals surface area contributed by atoms with Gasteiger partial charge in [0.1, 0.15) is 11.5 Å². The van der Waals surface area contributed by atoms with Crippen LogP contribution in [0.25, 0.3) is 0 Å². The van der Waals surface area contributed by atoms with Crippen LogP contribution in [-0.2, 0) is 4.79 Å². The fraction of sp³-hybridized carbons (Fsp3) is 0.647. The third-order valence-electron chi connectivity index (χ3n) is 4.46. The number of aryl methyl sites for hydroxylation is 2. The molecule has 1 aromatic heterocycles. The summed E-state index contributed by atoms with van der Waals surface area (Å²) in [5, 5.41) is 5.74. The summed E-state index contributed by atoms with van der Waals surface area (Å²) in [6.07, 6.45) is 0. The summed E-state index contributed by atoms with van der Waals surface area (Å²) in [6, 6.07) is 1.71. The summed E-state index contributed by atoms with van der Waals surface area (Å²) in [5.74, 6) is 1.13. The Kier molecular flexibility index (Phi) is 5.88. The molecule has 0 aromatic carbocycles. The molecule has 1 aromatic rings. The van der Waals surface area contributed by atoms with Crippen molar-refractivity contribution < 1.29 is 9.59 Å². The second-order valence-electron chi connectivity index (χ2n) is 6.80. The molecule has 1 fully saturated rings. The minimum Gasteiger partial charge on any atom is -0.358 e. The molecule has 2 N–H and O–H groups in total. The smallest absolute Gasteiger partial charge is 0.270 e. The Morgan fingerprint density at radius 3 is 2.58 bits per heavy atom. The Morgan fingerprint density at radius 2 is 2.00 bits per heavy atom. The van der Waals surface area contributed by atoms with Gasteiger partial charge in [0.05, 0.1) is 6.54 Å². The first kappa shape index (κ1) is 18.3. The van der Waals surface area contributed by atoms with Crippen LogP contribution in [0.15, 0.2) is 6.07 Å². The Bertz CT molecular complexity index is 597. The molecule has 0 spiro atoms. The monoisotopic (exact) mass is 333 g/mol. The maximum Gasteiger partial charge on any atom is 0.270 e. The Morgan fingerprint density at radius 1 is 1.29 bits per heavy atom. The summed E-state index contributed by atoms with van der Waals surface area (Å²) < 4.78 is 0. The van der Waals surface area contributed by atoms with Crippen molar-refractivity contribution in [3.8, 4) is 0 Å². The maximum atomic E-state index is 12.6. The highest BCUT2D eigenvalue weighted by Gasteiger charge is 2.36. The number of rotatable bonds is 5. The van der Waals surface area contributed by atoms with Crippen LogP contribution in [0.4, 0.5) is 0 Å². The van der Waals surface area contributed by atoms with E-state index in [0.29, 0.717) is 36.4 Å². The number of carbonyl (C=O) groups is 2.